The number of aromatic nitrogens is 3. The van der Waals surface area contributed by atoms with E-state index in [1.165, 1.54) is 0 Å². The van der Waals surface area contributed by atoms with Gasteiger partial charge < -0.3 is 9.64 Å². The molecule has 1 N–H and O–H groups in total. The molecule has 0 spiro atoms. The van der Waals surface area contributed by atoms with E-state index in [9.17, 15) is 4.79 Å². The van der Waals surface area contributed by atoms with E-state index in [1.54, 1.807) is 6.20 Å². The maximum Gasteiger partial charge on any atom is 0.274 e. The molecule has 6 heteroatoms. The van der Waals surface area contributed by atoms with Gasteiger partial charge in [0.1, 0.15) is 5.69 Å². The lowest BCUT2D eigenvalue weighted by Gasteiger charge is -2.32. The largest absolute Gasteiger partial charge is 0.372 e. The smallest absolute Gasteiger partial charge is 0.274 e. The molecule has 0 saturated carbocycles. The third kappa shape index (κ3) is 4.20. The number of nitrogens with one attached hydrogen (secondary N) is 1. The number of aromatic amines is 1. The summed E-state index contributed by atoms with van der Waals surface area (Å²) in [6.07, 6.45) is 7.51. The summed E-state index contributed by atoms with van der Waals surface area (Å²) in [7, 11) is 0. The molecule has 1 aliphatic heterocycles. The van der Waals surface area contributed by atoms with Crippen molar-refractivity contribution in [3.8, 4) is 0 Å². The van der Waals surface area contributed by atoms with E-state index in [0.717, 1.165) is 43.5 Å². The Balaban J connectivity index is 1.55. The van der Waals surface area contributed by atoms with Gasteiger partial charge in [0, 0.05) is 31.2 Å². The first-order chi connectivity index (χ1) is 11.8. The molecule has 128 valence electrons. The van der Waals surface area contributed by atoms with Gasteiger partial charge in [0.15, 0.2) is 0 Å². The summed E-state index contributed by atoms with van der Waals surface area (Å²) >= 11 is 0. The van der Waals surface area contributed by atoms with Crippen LogP contribution in [-0.2, 0) is 17.8 Å². The minimum absolute atomic E-state index is 0.0109. The number of carbonyl (C=O) groups excluding carboxylic acids is 1. The highest BCUT2D eigenvalue weighted by Gasteiger charge is 2.26. The summed E-state index contributed by atoms with van der Waals surface area (Å²) in [5, 5.41) is 7.11. The average Bonchev–Trinajstić information content (AvgIpc) is 3.09. The fourth-order valence-corrected chi connectivity index (χ4v) is 2.99. The van der Waals surface area contributed by atoms with E-state index in [0.29, 0.717) is 18.8 Å². The Morgan fingerprint density at radius 1 is 1.50 bits per heavy atom. The van der Waals surface area contributed by atoms with Gasteiger partial charge in [-0.2, -0.15) is 5.10 Å². The molecule has 6 nitrogen and oxygen atoms in total. The molecule has 1 atom stereocenters. The Morgan fingerprint density at radius 2 is 2.42 bits per heavy atom. The summed E-state index contributed by atoms with van der Waals surface area (Å²) in [6, 6.07) is 5.77. The molecule has 1 unspecified atom stereocenters. The summed E-state index contributed by atoms with van der Waals surface area (Å²) < 4.78 is 5.97. The first-order valence-corrected chi connectivity index (χ1v) is 8.60. The van der Waals surface area contributed by atoms with Gasteiger partial charge in [-0.25, -0.2) is 0 Å². The van der Waals surface area contributed by atoms with Crippen LogP contribution >= 0.6 is 0 Å². The van der Waals surface area contributed by atoms with Crippen LogP contribution in [0.3, 0.4) is 0 Å². The lowest BCUT2D eigenvalue weighted by molar-refractivity contribution is -0.00697. The average molecular weight is 328 g/mol. The van der Waals surface area contributed by atoms with Crippen molar-refractivity contribution in [2.75, 3.05) is 13.1 Å². The molecule has 1 saturated heterocycles. The van der Waals surface area contributed by atoms with E-state index >= 15 is 0 Å². The van der Waals surface area contributed by atoms with Crippen LogP contribution in [0.2, 0.25) is 0 Å². The fourth-order valence-electron chi connectivity index (χ4n) is 2.99. The molecule has 0 radical (unpaired) electrons. The van der Waals surface area contributed by atoms with Crippen molar-refractivity contribution in [2.45, 2.75) is 45.3 Å². The molecular formula is C18H24N4O2. The number of carbonyl (C=O) groups is 1. The number of rotatable bonds is 6. The monoisotopic (exact) mass is 328 g/mol. The predicted molar refractivity (Wildman–Crippen MR) is 90.5 cm³/mol. The lowest BCUT2D eigenvalue weighted by Crippen LogP contribution is -2.43. The number of hydrogen-bond donors (Lipinski definition) is 1. The van der Waals surface area contributed by atoms with E-state index in [4.69, 9.17) is 4.74 Å². The van der Waals surface area contributed by atoms with Crippen molar-refractivity contribution in [3.63, 3.8) is 0 Å². The fraction of sp³-hybridized carbons (Fsp3) is 0.500. The van der Waals surface area contributed by atoms with Gasteiger partial charge in [-0.15, -0.1) is 0 Å². The Hall–Kier alpha value is -2.21. The highest BCUT2D eigenvalue weighted by molar-refractivity contribution is 5.92. The molecule has 1 fully saturated rings. The van der Waals surface area contributed by atoms with Gasteiger partial charge in [-0.05, 0) is 37.0 Å². The van der Waals surface area contributed by atoms with Crippen molar-refractivity contribution in [1.29, 1.82) is 0 Å². The van der Waals surface area contributed by atoms with Crippen molar-refractivity contribution in [1.82, 2.24) is 20.1 Å². The summed E-state index contributed by atoms with van der Waals surface area (Å²) in [5.41, 5.74) is 2.58. The third-order valence-electron chi connectivity index (χ3n) is 4.24. The molecule has 0 bridgehead atoms. The molecule has 2 aromatic heterocycles. The second-order valence-corrected chi connectivity index (χ2v) is 6.22. The Labute approximate surface area is 142 Å². The summed E-state index contributed by atoms with van der Waals surface area (Å²) in [6.45, 7) is 4.03. The molecule has 1 aliphatic rings. The standard InChI is InChI=1S/C18H24N4O2/c1-2-5-15-10-17(21-20-15)18(23)22-9-4-7-16(12-22)24-13-14-6-3-8-19-11-14/h3,6,8,10-11,16H,2,4-5,7,9,12-13H2,1H3,(H,20,21). The number of nitrogens with zero attached hydrogens (tertiary/aromatic N) is 3. The molecule has 3 heterocycles. The second kappa shape index (κ2) is 8.06. The normalized spacial score (nSPS) is 17.9. The van der Waals surface area contributed by atoms with Gasteiger partial charge in [0.05, 0.1) is 12.7 Å². The SMILES string of the molecule is CCCc1cc(C(=O)N2CCCC(OCc3cccnc3)C2)n[nH]1. The first kappa shape index (κ1) is 16.6. The number of H-pyrrole nitrogens is 1. The summed E-state index contributed by atoms with van der Waals surface area (Å²) in [4.78, 5) is 18.6. The van der Waals surface area contributed by atoms with Crippen LogP contribution < -0.4 is 0 Å². The zero-order valence-corrected chi connectivity index (χ0v) is 14.1. The van der Waals surface area contributed by atoms with Gasteiger partial charge in [0.2, 0.25) is 0 Å². The van der Waals surface area contributed by atoms with Gasteiger partial charge in [-0.3, -0.25) is 14.9 Å². The van der Waals surface area contributed by atoms with E-state index in [-0.39, 0.29) is 12.0 Å². The molecule has 24 heavy (non-hydrogen) atoms. The van der Waals surface area contributed by atoms with Gasteiger partial charge >= 0.3 is 0 Å². The minimum Gasteiger partial charge on any atom is -0.372 e. The number of hydrogen-bond acceptors (Lipinski definition) is 4. The second-order valence-electron chi connectivity index (χ2n) is 6.22. The molecule has 1 amide bonds. The predicted octanol–water partition coefficient (Wildman–Crippen LogP) is 2.58. The van der Waals surface area contributed by atoms with Crippen LogP contribution in [0.1, 0.15) is 47.9 Å². The molecule has 0 aliphatic carbocycles. The highest BCUT2D eigenvalue weighted by atomic mass is 16.5. The van der Waals surface area contributed by atoms with Crippen molar-refractivity contribution < 1.29 is 9.53 Å². The number of piperidine rings is 1. The minimum atomic E-state index is -0.0109. The quantitative estimate of drug-likeness (QED) is 0.885. The van der Waals surface area contributed by atoms with Crippen LogP contribution in [-0.4, -0.2) is 45.2 Å². The zero-order valence-electron chi connectivity index (χ0n) is 14.1. The molecule has 3 rings (SSSR count). The number of likely N-dealkylation sites (tertiary alicyclic amines) is 1. The Kier molecular flexibility index (Phi) is 5.59. The zero-order chi connectivity index (χ0) is 16.8. The number of aryl methyl sites for hydroxylation is 1. The van der Waals surface area contributed by atoms with Crippen LogP contribution in [0.5, 0.6) is 0 Å². The number of ether oxygens (including phenoxy) is 1. The number of pyridine rings is 1. The molecule has 0 aromatic carbocycles. The van der Waals surface area contributed by atoms with Crippen molar-refractivity contribution in [3.05, 3.63) is 47.5 Å². The number of amides is 1. The first-order valence-electron chi connectivity index (χ1n) is 8.60. The Morgan fingerprint density at radius 3 is 3.21 bits per heavy atom. The van der Waals surface area contributed by atoms with Crippen LogP contribution in [0.25, 0.3) is 0 Å². The van der Waals surface area contributed by atoms with Crippen molar-refractivity contribution >= 4 is 5.91 Å². The topological polar surface area (TPSA) is 71.1 Å². The summed E-state index contributed by atoms with van der Waals surface area (Å²) in [5.74, 6) is -0.0109. The molecule has 2 aromatic rings. The van der Waals surface area contributed by atoms with E-state index in [2.05, 4.69) is 22.1 Å². The molecular weight excluding hydrogens is 304 g/mol. The third-order valence-corrected chi connectivity index (χ3v) is 4.24. The van der Waals surface area contributed by atoms with Crippen molar-refractivity contribution in [2.24, 2.45) is 0 Å². The van der Waals surface area contributed by atoms with E-state index in [1.807, 2.05) is 29.3 Å². The Bertz CT molecular complexity index is 656. The van der Waals surface area contributed by atoms with Crippen LogP contribution in [0, 0.1) is 0 Å². The van der Waals surface area contributed by atoms with Gasteiger partial charge in [-0.1, -0.05) is 19.4 Å². The van der Waals surface area contributed by atoms with E-state index < -0.39 is 0 Å². The highest BCUT2D eigenvalue weighted by Crippen LogP contribution is 2.17. The maximum atomic E-state index is 12.6. The van der Waals surface area contributed by atoms with Crippen LogP contribution in [0.4, 0.5) is 0 Å². The van der Waals surface area contributed by atoms with Gasteiger partial charge in [0.25, 0.3) is 5.91 Å². The maximum absolute atomic E-state index is 12.6. The lowest BCUT2D eigenvalue weighted by atomic mass is 10.1. The van der Waals surface area contributed by atoms with Crippen LogP contribution in [0.15, 0.2) is 30.6 Å².